The standard InChI is InChI=1S/C14H29N3O/c1-5-9-16-14(13(15)18)8-6-7-12(10-14)17(4)11(2)3/h11-12,16H,5-10H2,1-4H3,(H2,15,18). The van der Waals surface area contributed by atoms with Gasteiger partial charge in [-0.05, 0) is 59.5 Å². The molecule has 0 aromatic carbocycles. The molecule has 1 amide bonds. The molecule has 1 saturated carbocycles. The van der Waals surface area contributed by atoms with Gasteiger partial charge < -0.3 is 16.0 Å². The fourth-order valence-electron chi connectivity index (χ4n) is 2.85. The van der Waals surface area contributed by atoms with E-state index in [9.17, 15) is 4.79 Å². The van der Waals surface area contributed by atoms with Crippen LogP contribution in [0.4, 0.5) is 0 Å². The molecular weight excluding hydrogens is 226 g/mol. The van der Waals surface area contributed by atoms with Gasteiger partial charge in [-0.25, -0.2) is 0 Å². The van der Waals surface area contributed by atoms with E-state index in [0.717, 1.165) is 38.6 Å². The van der Waals surface area contributed by atoms with Gasteiger partial charge in [-0.2, -0.15) is 0 Å². The predicted molar refractivity (Wildman–Crippen MR) is 75.4 cm³/mol. The monoisotopic (exact) mass is 255 g/mol. The summed E-state index contributed by atoms with van der Waals surface area (Å²) >= 11 is 0. The van der Waals surface area contributed by atoms with Crippen molar-refractivity contribution in [3.05, 3.63) is 0 Å². The van der Waals surface area contributed by atoms with Crippen molar-refractivity contribution in [2.24, 2.45) is 5.73 Å². The van der Waals surface area contributed by atoms with Crippen LogP contribution in [0.15, 0.2) is 0 Å². The zero-order chi connectivity index (χ0) is 13.8. The smallest absolute Gasteiger partial charge is 0.237 e. The third kappa shape index (κ3) is 3.45. The van der Waals surface area contributed by atoms with Crippen molar-refractivity contribution < 1.29 is 4.79 Å². The van der Waals surface area contributed by atoms with Crippen molar-refractivity contribution in [3.63, 3.8) is 0 Å². The second-order valence-electron chi connectivity index (χ2n) is 5.88. The van der Waals surface area contributed by atoms with Gasteiger partial charge in [-0.1, -0.05) is 6.92 Å². The molecule has 4 heteroatoms. The molecule has 1 fully saturated rings. The van der Waals surface area contributed by atoms with Gasteiger partial charge in [0.05, 0.1) is 5.54 Å². The van der Waals surface area contributed by atoms with E-state index in [4.69, 9.17) is 5.73 Å². The Labute approximate surface area is 111 Å². The number of nitrogens with zero attached hydrogens (tertiary/aromatic N) is 1. The minimum absolute atomic E-state index is 0.183. The van der Waals surface area contributed by atoms with E-state index in [1.165, 1.54) is 0 Å². The molecule has 1 rings (SSSR count). The summed E-state index contributed by atoms with van der Waals surface area (Å²) in [6.07, 6.45) is 4.99. The van der Waals surface area contributed by atoms with Gasteiger partial charge >= 0.3 is 0 Å². The summed E-state index contributed by atoms with van der Waals surface area (Å²) < 4.78 is 0. The first-order valence-electron chi connectivity index (χ1n) is 7.20. The lowest BCUT2D eigenvalue weighted by atomic mass is 9.77. The van der Waals surface area contributed by atoms with Crippen LogP contribution in [0.5, 0.6) is 0 Å². The molecule has 2 unspecified atom stereocenters. The Hall–Kier alpha value is -0.610. The molecule has 1 aliphatic rings. The number of hydrogen-bond acceptors (Lipinski definition) is 3. The summed E-state index contributed by atoms with van der Waals surface area (Å²) in [6, 6.07) is 0.959. The summed E-state index contributed by atoms with van der Waals surface area (Å²) in [5.41, 5.74) is 5.18. The maximum atomic E-state index is 11.9. The molecule has 0 radical (unpaired) electrons. The molecule has 0 heterocycles. The van der Waals surface area contributed by atoms with Gasteiger partial charge in [-0.3, -0.25) is 4.79 Å². The highest BCUT2D eigenvalue weighted by Gasteiger charge is 2.42. The topological polar surface area (TPSA) is 58.4 Å². The lowest BCUT2D eigenvalue weighted by Gasteiger charge is -2.43. The van der Waals surface area contributed by atoms with Crippen molar-refractivity contribution in [1.82, 2.24) is 10.2 Å². The third-order valence-corrected chi connectivity index (χ3v) is 4.30. The fraction of sp³-hybridized carbons (Fsp3) is 0.929. The van der Waals surface area contributed by atoms with Gasteiger partial charge in [0, 0.05) is 12.1 Å². The molecule has 3 N–H and O–H groups in total. The minimum Gasteiger partial charge on any atom is -0.368 e. The Bertz CT molecular complexity index is 280. The van der Waals surface area contributed by atoms with Crippen LogP contribution in [-0.2, 0) is 4.79 Å². The highest BCUT2D eigenvalue weighted by atomic mass is 16.1. The van der Waals surface area contributed by atoms with Crippen molar-refractivity contribution >= 4 is 5.91 Å². The van der Waals surface area contributed by atoms with Crippen molar-refractivity contribution in [1.29, 1.82) is 0 Å². The Kier molecular flexibility index (Phi) is 5.60. The fourth-order valence-corrected chi connectivity index (χ4v) is 2.85. The molecule has 0 spiro atoms. The van der Waals surface area contributed by atoms with Gasteiger partial charge in [0.15, 0.2) is 0 Å². The van der Waals surface area contributed by atoms with E-state index in [-0.39, 0.29) is 5.91 Å². The lowest BCUT2D eigenvalue weighted by molar-refractivity contribution is -0.126. The van der Waals surface area contributed by atoms with E-state index >= 15 is 0 Å². The normalized spacial score (nSPS) is 28.9. The molecule has 1 aliphatic carbocycles. The molecule has 0 aromatic heterocycles. The summed E-state index contributed by atoms with van der Waals surface area (Å²) in [7, 11) is 2.15. The van der Waals surface area contributed by atoms with E-state index in [2.05, 4.69) is 38.0 Å². The Morgan fingerprint density at radius 2 is 2.22 bits per heavy atom. The molecule has 0 bridgehead atoms. The summed E-state index contributed by atoms with van der Waals surface area (Å²) in [6.45, 7) is 7.36. The first-order valence-corrected chi connectivity index (χ1v) is 7.20. The molecule has 106 valence electrons. The number of carbonyl (C=O) groups is 1. The van der Waals surface area contributed by atoms with Crippen molar-refractivity contribution in [2.75, 3.05) is 13.6 Å². The summed E-state index contributed by atoms with van der Waals surface area (Å²) in [5, 5.41) is 3.41. The van der Waals surface area contributed by atoms with Crippen LogP contribution in [0.1, 0.15) is 52.9 Å². The average molecular weight is 255 g/mol. The largest absolute Gasteiger partial charge is 0.368 e. The first-order chi connectivity index (χ1) is 8.43. The molecule has 4 nitrogen and oxygen atoms in total. The van der Waals surface area contributed by atoms with Crippen LogP contribution in [0.3, 0.4) is 0 Å². The van der Waals surface area contributed by atoms with E-state index < -0.39 is 5.54 Å². The van der Waals surface area contributed by atoms with E-state index in [1.54, 1.807) is 0 Å². The zero-order valence-corrected chi connectivity index (χ0v) is 12.3. The Morgan fingerprint density at radius 3 is 2.72 bits per heavy atom. The first kappa shape index (κ1) is 15.4. The van der Waals surface area contributed by atoms with Crippen molar-refractivity contribution in [2.45, 2.75) is 70.5 Å². The van der Waals surface area contributed by atoms with Crippen LogP contribution in [0, 0.1) is 0 Å². The maximum Gasteiger partial charge on any atom is 0.237 e. The lowest BCUT2D eigenvalue weighted by Crippen LogP contribution is -2.61. The van der Waals surface area contributed by atoms with E-state index in [1.807, 2.05) is 0 Å². The molecule has 0 aromatic rings. The van der Waals surface area contributed by atoms with E-state index in [0.29, 0.717) is 12.1 Å². The number of nitrogens with two attached hydrogens (primary N) is 1. The molecule has 18 heavy (non-hydrogen) atoms. The summed E-state index contributed by atoms with van der Waals surface area (Å²) in [4.78, 5) is 14.2. The number of amides is 1. The number of primary amides is 1. The van der Waals surface area contributed by atoms with Gasteiger partial charge in [-0.15, -0.1) is 0 Å². The maximum absolute atomic E-state index is 11.9. The number of hydrogen-bond donors (Lipinski definition) is 2. The highest BCUT2D eigenvalue weighted by Crippen LogP contribution is 2.31. The number of carbonyl (C=O) groups excluding carboxylic acids is 1. The van der Waals surface area contributed by atoms with Crippen LogP contribution >= 0.6 is 0 Å². The van der Waals surface area contributed by atoms with Crippen LogP contribution in [-0.4, -0.2) is 42.0 Å². The zero-order valence-electron chi connectivity index (χ0n) is 12.3. The second kappa shape index (κ2) is 6.53. The molecule has 2 atom stereocenters. The van der Waals surface area contributed by atoms with Crippen molar-refractivity contribution in [3.8, 4) is 0 Å². The number of nitrogens with one attached hydrogen (secondary N) is 1. The highest BCUT2D eigenvalue weighted by molar-refractivity contribution is 5.84. The van der Waals surface area contributed by atoms with Crippen LogP contribution < -0.4 is 11.1 Å². The Morgan fingerprint density at radius 1 is 1.56 bits per heavy atom. The second-order valence-corrected chi connectivity index (χ2v) is 5.88. The SMILES string of the molecule is CCCNC1(C(N)=O)CCCC(N(C)C(C)C)C1. The summed E-state index contributed by atoms with van der Waals surface area (Å²) in [5.74, 6) is -0.183. The molecule has 0 saturated heterocycles. The average Bonchev–Trinajstić information content (AvgIpc) is 2.35. The third-order valence-electron chi connectivity index (χ3n) is 4.30. The minimum atomic E-state index is -0.484. The van der Waals surface area contributed by atoms with Gasteiger partial charge in [0.2, 0.25) is 5.91 Å². The number of rotatable bonds is 6. The van der Waals surface area contributed by atoms with Crippen LogP contribution in [0.2, 0.25) is 0 Å². The molecule has 0 aliphatic heterocycles. The molecular formula is C14H29N3O. The predicted octanol–water partition coefficient (Wildman–Crippen LogP) is 1.49. The Balaban J connectivity index is 2.76. The van der Waals surface area contributed by atoms with Crippen LogP contribution in [0.25, 0.3) is 0 Å². The van der Waals surface area contributed by atoms with Gasteiger partial charge in [0.25, 0.3) is 0 Å². The quantitative estimate of drug-likeness (QED) is 0.756. The van der Waals surface area contributed by atoms with Gasteiger partial charge in [0.1, 0.15) is 0 Å².